The molecule has 24 heavy (non-hydrogen) atoms. The summed E-state index contributed by atoms with van der Waals surface area (Å²) in [6.45, 7) is 6.59. The molecule has 0 aliphatic heterocycles. The van der Waals surface area contributed by atoms with Crippen LogP contribution in [0.25, 0.3) is 11.3 Å². The van der Waals surface area contributed by atoms with Crippen LogP contribution in [-0.2, 0) is 5.41 Å². The van der Waals surface area contributed by atoms with E-state index in [0.29, 0.717) is 17.2 Å². The Morgan fingerprint density at radius 1 is 1.25 bits per heavy atom. The average molecular weight is 326 g/mol. The molecule has 2 aromatic heterocycles. The van der Waals surface area contributed by atoms with E-state index in [0.717, 1.165) is 17.5 Å². The van der Waals surface area contributed by atoms with E-state index in [2.05, 4.69) is 34.0 Å². The molecule has 0 aromatic carbocycles. The number of aryl methyl sites for hydroxylation is 1. The van der Waals surface area contributed by atoms with Crippen molar-refractivity contribution in [1.82, 2.24) is 20.2 Å². The second kappa shape index (κ2) is 5.13. The summed E-state index contributed by atoms with van der Waals surface area (Å²) >= 11 is 0. The lowest BCUT2D eigenvalue weighted by Crippen LogP contribution is -2.23. The van der Waals surface area contributed by atoms with Gasteiger partial charge < -0.3 is 4.98 Å². The molecular weight excluding hydrogens is 304 g/mol. The molecule has 2 atom stereocenters. The van der Waals surface area contributed by atoms with Gasteiger partial charge in [-0.3, -0.25) is 9.78 Å². The van der Waals surface area contributed by atoms with E-state index in [1.807, 2.05) is 13.0 Å². The summed E-state index contributed by atoms with van der Waals surface area (Å²) in [5.41, 5.74) is 2.34. The van der Waals surface area contributed by atoms with Gasteiger partial charge in [-0.1, -0.05) is 13.8 Å². The van der Waals surface area contributed by atoms with E-state index in [4.69, 9.17) is 0 Å². The second-order valence-electron chi connectivity index (χ2n) is 7.62. The van der Waals surface area contributed by atoms with Gasteiger partial charge in [0.25, 0.3) is 5.56 Å². The topological polar surface area (TPSA) is 91.5 Å². The summed E-state index contributed by atoms with van der Waals surface area (Å²) in [6, 6.07) is 2.01. The Balaban J connectivity index is 1.75. The van der Waals surface area contributed by atoms with Gasteiger partial charge in [0, 0.05) is 11.6 Å². The Bertz CT molecular complexity index is 908. The number of nitrogens with zero attached hydrogens (tertiary/aromatic N) is 2. The SMILES string of the molecule is Cc1nnc(-c2c[nH]c(=O)[nH]c2=O)cc1C1([C@H]2C[C@@H]2C(C)C)CC1. The highest BCUT2D eigenvalue weighted by atomic mass is 16.2. The maximum Gasteiger partial charge on any atom is 0.325 e. The van der Waals surface area contributed by atoms with E-state index in [1.165, 1.54) is 31.0 Å². The molecule has 6 heteroatoms. The van der Waals surface area contributed by atoms with Crippen molar-refractivity contribution in [3.63, 3.8) is 0 Å². The van der Waals surface area contributed by atoms with Crippen LogP contribution in [-0.4, -0.2) is 20.2 Å². The maximum atomic E-state index is 12.0. The molecule has 2 N–H and O–H groups in total. The summed E-state index contributed by atoms with van der Waals surface area (Å²) in [6.07, 6.45) is 5.08. The van der Waals surface area contributed by atoms with Gasteiger partial charge in [0.2, 0.25) is 0 Å². The van der Waals surface area contributed by atoms with Gasteiger partial charge in [-0.25, -0.2) is 4.79 Å². The molecule has 2 heterocycles. The molecule has 6 nitrogen and oxygen atoms in total. The molecule has 0 saturated heterocycles. The minimum atomic E-state index is -0.513. The zero-order valence-electron chi connectivity index (χ0n) is 14.2. The van der Waals surface area contributed by atoms with Crippen molar-refractivity contribution in [3.05, 3.63) is 44.4 Å². The summed E-state index contributed by atoms with van der Waals surface area (Å²) < 4.78 is 0. The van der Waals surface area contributed by atoms with Crippen LogP contribution in [0, 0.1) is 24.7 Å². The van der Waals surface area contributed by atoms with Crippen molar-refractivity contribution < 1.29 is 0 Å². The van der Waals surface area contributed by atoms with Crippen LogP contribution in [0.1, 0.15) is 44.4 Å². The molecule has 0 spiro atoms. The Hall–Kier alpha value is -2.24. The first-order valence-electron chi connectivity index (χ1n) is 8.59. The van der Waals surface area contributed by atoms with Gasteiger partial charge in [-0.2, -0.15) is 5.10 Å². The normalized spacial score (nSPS) is 24.2. The molecule has 0 bridgehead atoms. The van der Waals surface area contributed by atoms with Gasteiger partial charge in [0.05, 0.1) is 11.3 Å². The molecule has 4 rings (SSSR count). The Labute approximate surface area is 139 Å². The average Bonchev–Trinajstić information content (AvgIpc) is 3.41. The lowest BCUT2D eigenvalue weighted by Gasteiger charge is -2.19. The number of aromatic amines is 2. The van der Waals surface area contributed by atoms with Crippen LogP contribution in [0.2, 0.25) is 0 Å². The van der Waals surface area contributed by atoms with Crippen LogP contribution in [0.5, 0.6) is 0 Å². The molecular formula is C18H22N4O2. The van der Waals surface area contributed by atoms with Crippen molar-refractivity contribution in [2.75, 3.05) is 0 Å². The molecule has 2 aliphatic carbocycles. The van der Waals surface area contributed by atoms with Gasteiger partial charge in [-0.05, 0) is 55.6 Å². The minimum absolute atomic E-state index is 0.221. The monoisotopic (exact) mass is 326 g/mol. The van der Waals surface area contributed by atoms with Gasteiger partial charge >= 0.3 is 5.69 Å². The third kappa shape index (κ3) is 2.32. The van der Waals surface area contributed by atoms with Crippen LogP contribution < -0.4 is 11.2 Å². The van der Waals surface area contributed by atoms with Crippen LogP contribution >= 0.6 is 0 Å². The number of hydrogen-bond donors (Lipinski definition) is 2. The van der Waals surface area contributed by atoms with Crippen molar-refractivity contribution >= 4 is 0 Å². The van der Waals surface area contributed by atoms with Crippen LogP contribution in [0.4, 0.5) is 0 Å². The van der Waals surface area contributed by atoms with E-state index in [-0.39, 0.29) is 5.41 Å². The number of rotatable bonds is 4. The van der Waals surface area contributed by atoms with Crippen molar-refractivity contribution in [2.45, 2.75) is 45.4 Å². The molecule has 0 unspecified atom stereocenters. The summed E-state index contributed by atoms with van der Waals surface area (Å²) in [4.78, 5) is 28.0. The standard InChI is InChI=1S/C18H22N4O2/c1-9(2)11-6-14(11)18(4-5-18)13-7-15(22-21-10(13)3)12-8-19-17(24)20-16(12)23/h7-9,11,14H,4-6H2,1-3H3,(H2,19,20,23,24)/t11-,14+/m1/s1. The van der Waals surface area contributed by atoms with E-state index in [1.54, 1.807) is 0 Å². The lowest BCUT2D eigenvalue weighted by atomic mass is 9.86. The molecule has 2 aliphatic rings. The summed E-state index contributed by atoms with van der Waals surface area (Å²) in [7, 11) is 0. The first-order chi connectivity index (χ1) is 11.4. The molecule has 2 fully saturated rings. The first-order valence-corrected chi connectivity index (χ1v) is 8.59. The fourth-order valence-electron chi connectivity index (χ4n) is 4.25. The third-order valence-electron chi connectivity index (χ3n) is 5.80. The van der Waals surface area contributed by atoms with Crippen LogP contribution in [0.3, 0.4) is 0 Å². The Morgan fingerprint density at radius 3 is 2.58 bits per heavy atom. The maximum absolute atomic E-state index is 12.0. The second-order valence-corrected chi connectivity index (χ2v) is 7.62. The zero-order chi connectivity index (χ0) is 17.1. The number of hydrogen-bond acceptors (Lipinski definition) is 4. The van der Waals surface area contributed by atoms with E-state index >= 15 is 0 Å². The quantitative estimate of drug-likeness (QED) is 0.900. The van der Waals surface area contributed by atoms with Crippen LogP contribution in [0.15, 0.2) is 21.9 Å². The summed E-state index contributed by atoms with van der Waals surface area (Å²) in [5.74, 6) is 2.23. The van der Waals surface area contributed by atoms with Gasteiger partial charge in [-0.15, -0.1) is 5.10 Å². The smallest absolute Gasteiger partial charge is 0.313 e. The van der Waals surface area contributed by atoms with E-state index < -0.39 is 11.2 Å². The predicted octanol–water partition coefficient (Wildman–Crippen LogP) is 2.15. The van der Waals surface area contributed by atoms with Gasteiger partial charge in [0.1, 0.15) is 5.69 Å². The first kappa shape index (κ1) is 15.3. The number of aromatic nitrogens is 4. The molecule has 2 aromatic rings. The predicted molar refractivity (Wildman–Crippen MR) is 90.8 cm³/mol. The molecule has 0 radical (unpaired) electrons. The number of nitrogens with one attached hydrogen (secondary N) is 2. The third-order valence-corrected chi connectivity index (χ3v) is 5.80. The fourth-order valence-corrected chi connectivity index (χ4v) is 4.25. The highest BCUT2D eigenvalue weighted by Crippen LogP contribution is 2.66. The van der Waals surface area contributed by atoms with Gasteiger partial charge in [0.15, 0.2) is 0 Å². The molecule has 2 saturated carbocycles. The zero-order valence-corrected chi connectivity index (χ0v) is 14.2. The Morgan fingerprint density at radius 2 is 2.00 bits per heavy atom. The van der Waals surface area contributed by atoms with Crippen molar-refractivity contribution in [2.24, 2.45) is 17.8 Å². The van der Waals surface area contributed by atoms with Crippen molar-refractivity contribution in [1.29, 1.82) is 0 Å². The number of H-pyrrole nitrogens is 2. The summed E-state index contributed by atoms with van der Waals surface area (Å²) in [5, 5.41) is 8.49. The molecule has 0 amide bonds. The highest BCUT2D eigenvalue weighted by Gasteiger charge is 2.61. The molecule has 126 valence electrons. The largest absolute Gasteiger partial charge is 0.325 e. The van der Waals surface area contributed by atoms with E-state index in [9.17, 15) is 9.59 Å². The highest BCUT2D eigenvalue weighted by molar-refractivity contribution is 5.58. The lowest BCUT2D eigenvalue weighted by molar-refractivity contribution is 0.458. The minimum Gasteiger partial charge on any atom is -0.313 e. The fraction of sp³-hybridized carbons (Fsp3) is 0.556. The van der Waals surface area contributed by atoms with Crippen molar-refractivity contribution in [3.8, 4) is 11.3 Å². The Kier molecular flexibility index (Phi) is 3.27.